The summed E-state index contributed by atoms with van der Waals surface area (Å²) in [6, 6.07) is 10.4. The SMILES string of the molecule is CCCNCc1cc(F)c(Sc2cccc(C)c2)c(F)c1. The second-order valence-corrected chi connectivity index (χ2v) is 6.07. The van der Waals surface area contributed by atoms with Crippen LogP contribution in [0.15, 0.2) is 46.2 Å². The molecule has 112 valence electrons. The van der Waals surface area contributed by atoms with E-state index in [1.165, 1.54) is 12.1 Å². The third kappa shape index (κ3) is 4.55. The summed E-state index contributed by atoms with van der Waals surface area (Å²) in [5.41, 5.74) is 1.70. The molecule has 0 fully saturated rings. The summed E-state index contributed by atoms with van der Waals surface area (Å²) in [5, 5.41) is 3.14. The molecule has 2 rings (SSSR count). The Morgan fingerprint density at radius 3 is 2.43 bits per heavy atom. The van der Waals surface area contributed by atoms with Gasteiger partial charge >= 0.3 is 0 Å². The van der Waals surface area contributed by atoms with Crippen LogP contribution in [0.2, 0.25) is 0 Å². The van der Waals surface area contributed by atoms with Crippen LogP contribution in [0.25, 0.3) is 0 Å². The summed E-state index contributed by atoms with van der Waals surface area (Å²) in [6.45, 7) is 5.33. The van der Waals surface area contributed by atoms with E-state index in [4.69, 9.17) is 0 Å². The highest BCUT2D eigenvalue weighted by molar-refractivity contribution is 7.99. The van der Waals surface area contributed by atoms with Crippen molar-refractivity contribution in [3.05, 3.63) is 59.2 Å². The molecule has 0 atom stereocenters. The Balaban J connectivity index is 2.17. The van der Waals surface area contributed by atoms with Crippen LogP contribution in [0.4, 0.5) is 8.78 Å². The van der Waals surface area contributed by atoms with E-state index in [1.807, 2.05) is 31.2 Å². The van der Waals surface area contributed by atoms with E-state index in [9.17, 15) is 8.78 Å². The van der Waals surface area contributed by atoms with Gasteiger partial charge in [-0.1, -0.05) is 36.4 Å². The third-order valence-corrected chi connectivity index (χ3v) is 4.11. The Bertz CT molecular complexity index is 590. The van der Waals surface area contributed by atoms with Gasteiger partial charge in [-0.05, 0) is 49.7 Å². The third-order valence-electron chi connectivity index (χ3n) is 3.02. The maximum atomic E-state index is 14.1. The summed E-state index contributed by atoms with van der Waals surface area (Å²) < 4.78 is 28.2. The first-order valence-corrected chi connectivity index (χ1v) is 7.85. The highest BCUT2D eigenvalue weighted by Crippen LogP contribution is 2.33. The quantitative estimate of drug-likeness (QED) is 0.760. The molecule has 0 spiro atoms. The molecule has 2 aromatic rings. The zero-order chi connectivity index (χ0) is 15.2. The average molecular weight is 307 g/mol. The molecule has 0 aliphatic heterocycles. The van der Waals surface area contributed by atoms with Gasteiger partial charge in [0.1, 0.15) is 11.6 Å². The van der Waals surface area contributed by atoms with E-state index in [0.717, 1.165) is 35.2 Å². The smallest absolute Gasteiger partial charge is 0.140 e. The van der Waals surface area contributed by atoms with Gasteiger partial charge in [0.15, 0.2) is 0 Å². The molecule has 0 heterocycles. The van der Waals surface area contributed by atoms with E-state index in [2.05, 4.69) is 12.2 Å². The summed E-state index contributed by atoms with van der Waals surface area (Å²) in [6.07, 6.45) is 0.992. The number of aryl methyl sites for hydroxylation is 1. The summed E-state index contributed by atoms with van der Waals surface area (Å²) >= 11 is 1.12. The minimum absolute atomic E-state index is 0.0554. The molecule has 0 bridgehead atoms. The van der Waals surface area contributed by atoms with Crippen LogP contribution >= 0.6 is 11.8 Å². The predicted molar refractivity (Wildman–Crippen MR) is 83.7 cm³/mol. The van der Waals surface area contributed by atoms with Crippen LogP contribution in [-0.4, -0.2) is 6.54 Å². The molecule has 1 N–H and O–H groups in total. The number of rotatable bonds is 6. The monoisotopic (exact) mass is 307 g/mol. The van der Waals surface area contributed by atoms with Gasteiger partial charge in [-0.2, -0.15) is 0 Å². The highest BCUT2D eigenvalue weighted by atomic mass is 32.2. The molecule has 4 heteroatoms. The number of nitrogens with one attached hydrogen (secondary N) is 1. The van der Waals surface area contributed by atoms with Crippen molar-refractivity contribution in [1.82, 2.24) is 5.32 Å². The fraction of sp³-hybridized carbons (Fsp3) is 0.294. The van der Waals surface area contributed by atoms with Crippen LogP contribution in [0.3, 0.4) is 0 Å². The van der Waals surface area contributed by atoms with Crippen molar-refractivity contribution in [3.8, 4) is 0 Å². The Labute approximate surface area is 128 Å². The van der Waals surface area contributed by atoms with Crippen molar-refractivity contribution in [3.63, 3.8) is 0 Å². The topological polar surface area (TPSA) is 12.0 Å². The predicted octanol–water partition coefficient (Wildman–Crippen LogP) is 4.92. The van der Waals surface area contributed by atoms with Gasteiger partial charge in [0.2, 0.25) is 0 Å². The Morgan fingerprint density at radius 1 is 1.10 bits per heavy atom. The number of halogens is 2. The van der Waals surface area contributed by atoms with E-state index < -0.39 is 11.6 Å². The lowest BCUT2D eigenvalue weighted by molar-refractivity contribution is 0.534. The minimum atomic E-state index is -0.505. The van der Waals surface area contributed by atoms with Gasteiger partial charge in [-0.3, -0.25) is 0 Å². The van der Waals surface area contributed by atoms with Gasteiger partial charge in [0, 0.05) is 11.4 Å². The molecule has 0 amide bonds. The first-order valence-electron chi connectivity index (χ1n) is 7.03. The Kier molecular flexibility index (Phi) is 5.76. The summed E-state index contributed by atoms with van der Waals surface area (Å²) in [4.78, 5) is 0.893. The molecule has 0 saturated carbocycles. The molecule has 0 aromatic heterocycles. The van der Waals surface area contributed by atoms with Crippen molar-refractivity contribution < 1.29 is 8.78 Å². The second kappa shape index (κ2) is 7.57. The molecule has 2 aromatic carbocycles. The normalized spacial score (nSPS) is 10.9. The largest absolute Gasteiger partial charge is 0.313 e. The maximum Gasteiger partial charge on any atom is 0.140 e. The zero-order valence-electron chi connectivity index (χ0n) is 12.2. The van der Waals surface area contributed by atoms with Crippen LogP contribution in [-0.2, 0) is 6.54 Å². The van der Waals surface area contributed by atoms with Gasteiger partial charge in [-0.15, -0.1) is 0 Å². The van der Waals surface area contributed by atoms with Crippen LogP contribution in [0.1, 0.15) is 24.5 Å². The Morgan fingerprint density at radius 2 is 1.81 bits per heavy atom. The minimum Gasteiger partial charge on any atom is -0.313 e. The molecule has 21 heavy (non-hydrogen) atoms. The van der Waals surface area contributed by atoms with E-state index in [0.29, 0.717) is 12.1 Å². The number of benzene rings is 2. The van der Waals surface area contributed by atoms with Crippen molar-refractivity contribution in [1.29, 1.82) is 0 Å². The van der Waals surface area contributed by atoms with Gasteiger partial charge < -0.3 is 5.32 Å². The molecule has 0 radical (unpaired) electrons. The van der Waals surface area contributed by atoms with Gasteiger partial charge in [-0.25, -0.2) is 8.78 Å². The van der Waals surface area contributed by atoms with E-state index >= 15 is 0 Å². The molecule has 0 aliphatic rings. The Hall–Kier alpha value is -1.39. The fourth-order valence-electron chi connectivity index (χ4n) is 2.02. The summed E-state index contributed by atoms with van der Waals surface area (Å²) in [5.74, 6) is -1.01. The van der Waals surface area contributed by atoms with Crippen LogP contribution in [0, 0.1) is 18.6 Å². The van der Waals surface area contributed by atoms with E-state index in [1.54, 1.807) is 0 Å². The first-order chi connectivity index (χ1) is 10.1. The van der Waals surface area contributed by atoms with Crippen molar-refractivity contribution in [2.24, 2.45) is 0 Å². The second-order valence-electron chi connectivity index (χ2n) is 4.98. The van der Waals surface area contributed by atoms with Crippen LogP contribution < -0.4 is 5.32 Å². The fourth-order valence-corrected chi connectivity index (χ4v) is 2.96. The lowest BCUT2D eigenvalue weighted by Gasteiger charge is -2.09. The number of hydrogen-bond acceptors (Lipinski definition) is 2. The molecule has 0 aliphatic carbocycles. The molecular weight excluding hydrogens is 288 g/mol. The van der Waals surface area contributed by atoms with Gasteiger partial charge in [0.25, 0.3) is 0 Å². The van der Waals surface area contributed by atoms with Crippen molar-refractivity contribution in [2.75, 3.05) is 6.54 Å². The average Bonchev–Trinajstić information content (AvgIpc) is 2.43. The number of hydrogen-bond donors (Lipinski definition) is 1. The highest BCUT2D eigenvalue weighted by Gasteiger charge is 2.12. The lowest BCUT2D eigenvalue weighted by Crippen LogP contribution is -2.14. The van der Waals surface area contributed by atoms with Crippen LogP contribution in [0.5, 0.6) is 0 Å². The molecule has 0 unspecified atom stereocenters. The van der Waals surface area contributed by atoms with Gasteiger partial charge in [0.05, 0.1) is 4.90 Å². The zero-order valence-corrected chi connectivity index (χ0v) is 13.1. The molecule has 0 saturated heterocycles. The molecular formula is C17H19F2NS. The van der Waals surface area contributed by atoms with Crippen molar-refractivity contribution >= 4 is 11.8 Å². The standard InChI is InChI=1S/C17H19F2NS/c1-3-7-20-11-13-9-15(18)17(16(19)10-13)21-14-6-4-5-12(2)8-14/h4-6,8-10,20H,3,7,11H2,1-2H3. The van der Waals surface area contributed by atoms with E-state index in [-0.39, 0.29) is 4.90 Å². The lowest BCUT2D eigenvalue weighted by atomic mass is 10.2. The first kappa shape index (κ1) is 16.0. The van der Waals surface area contributed by atoms with Crippen molar-refractivity contribution in [2.45, 2.75) is 36.6 Å². The molecule has 1 nitrogen and oxygen atoms in total. The maximum absolute atomic E-state index is 14.1. The summed E-state index contributed by atoms with van der Waals surface area (Å²) in [7, 11) is 0.